The summed E-state index contributed by atoms with van der Waals surface area (Å²) in [5.41, 5.74) is 6.00. The van der Waals surface area contributed by atoms with Gasteiger partial charge in [0.25, 0.3) is 0 Å². The zero-order valence-corrected chi connectivity index (χ0v) is 21.2. The molecule has 0 aliphatic carbocycles. The van der Waals surface area contributed by atoms with E-state index >= 15 is 0 Å². The molecule has 0 unspecified atom stereocenters. The highest BCUT2D eigenvalue weighted by Gasteiger charge is 2.19. The lowest BCUT2D eigenvalue weighted by molar-refractivity contribution is 0.495. The highest BCUT2D eigenvalue weighted by Crippen LogP contribution is 2.47. The summed E-state index contributed by atoms with van der Waals surface area (Å²) in [6.07, 6.45) is 0. The van der Waals surface area contributed by atoms with Gasteiger partial charge in [-0.2, -0.15) is 0 Å². The number of benzene rings is 7. The van der Waals surface area contributed by atoms with E-state index in [0.29, 0.717) is 0 Å². The van der Waals surface area contributed by atoms with Crippen molar-refractivity contribution in [3.63, 3.8) is 0 Å². The van der Waals surface area contributed by atoms with Crippen molar-refractivity contribution in [1.29, 1.82) is 0 Å². The number of fused-ring (bicyclic) bond motifs is 3. The molecule has 7 aromatic carbocycles. The molecular formula is C37H26O. The summed E-state index contributed by atoms with van der Waals surface area (Å²) in [4.78, 5) is 0. The Balaban J connectivity index is 1.53. The van der Waals surface area contributed by atoms with Crippen LogP contribution in [0.25, 0.3) is 54.6 Å². The molecule has 1 nitrogen and oxygen atoms in total. The average molecular weight is 487 g/mol. The fourth-order valence-corrected chi connectivity index (χ4v) is 5.68. The first kappa shape index (κ1) is 22.3. The second-order valence-corrected chi connectivity index (χ2v) is 9.74. The molecule has 0 radical (unpaired) electrons. The summed E-state index contributed by atoms with van der Waals surface area (Å²) < 4.78 is 6.89. The van der Waals surface area contributed by atoms with E-state index in [-0.39, 0.29) is 0 Å². The smallest absolute Gasteiger partial charge is 0.143 e. The summed E-state index contributed by atoms with van der Waals surface area (Å²) in [5.74, 6) is 1.74. The Labute approximate surface area is 222 Å². The minimum Gasteiger partial charge on any atom is -0.455 e. The number of para-hydroxylation sites is 1. The maximum absolute atomic E-state index is 6.89. The Morgan fingerprint density at radius 2 is 0.921 bits per heavy atom. The summed E-state index contributed by atoms with van der Waals surface area (Å²) in [6, 6.07) is 49.2. The molecule has 0 spiro atoms. The van der Waals surface area contributed by atoms with Gasteiger partial charge in [-0.1, -0.05) is 133 Å². The Morgan fingerprint density at radius 3 is 1.61 bits per heavy atom. The highest BCUT2D eigenvalue weighted by atomic mass is 16.5. The predicted octanol–water partition coefficient (Wildman–Crippen LogP) is 10.6. The van der Waals surface area contributed by atoms with Crippen LogP contribution in [0, 0.1) is 6.92 Å². The first-order valence-corrected chi connectivity index (χ1v) is 13.0. The van der Waals surface area contributed by atoms with Gasteiger partial charge >= 0.3 is 0 Å². The van der Waals surface area contributed by atoms with Crippen molar-refractivity contribution in [3.8, 4) is 33.8 Å². The summed E-state index contributed by atoms with van der Waals surface area (Å²) in [7, 11) is 0. The van der Waals surface area contributed by atoms with Gasteiger partial charge in [0.15, 0.2) is 0 Å². The monoisotopic (exact) mass is 486 g/mol. The molecule has 0 bridgehead atoms. The molecule has 0 heterocycles. The van der Waals surface area contributed by atoms with Gasteiger partial charge in [0.05, 0.1) is 0 Å². The maximum atomic E-state index is 6.89. The third kappa shape index (κ3) is 3.64. The zero-order valence-electron chi connectivity index (χ0n) is 21.2. The average Bonchev–Trinajstić information content (AvgIpc) is 2.99. The van der Waals surface area contributed by atoms with E-state index in [1.165, 1.54) is 38.2 Å². The van der Waals surface area contributed by atoms with E-state index in [1.807, 2.05) is 12.1 Å². The number of rotatable bonds is 4. The van der Waals surface area contributed by atoms with Crippen LogP contribution in [0.4, 0.5) is 0 Å². The number of aryl methyl sites for hydroxylation is 1. The first-order chi connectivity index (χ1) is 18.8. The van der Waals surface area contributed by atoms with Crippen LogP contribution in [0.5, 0.6) is 11.5 Å². The third-order valence-electron chi connectivity index (χ3n) is 7.48. The van der Waals surface area contributed by atoms with Crippen LogP contribution in [-0.4, -0.2) is 0 Å². The lowest BCUT2D eigenvalue weighted by atomic mass is 9.88. The Hall–Kier alpha value is -4.88. The van der Waals surface area contributed by atoms with Crippen molar-refractivity contribution in [2.24, 2.45) is 0 Å². The zero-order chi connectivity index (χ0) is 25.5. The minimum atomic E-state index is 0.850. The summed E-state index contributed by atoms with van der Waals surface area (Å²) in [5, 5.41) is 7.14. The lowest BCUT2D eigenvalue weighted by Gasteiger charge is -2.20. The fourth-order valence-electron chi connectivity index (χ4n) is 5.68. The molecule has 7 rings (SSSR count). The van der Waals surface area contributed by atoms with Gasteiger partial charge in [0.2, 0.25) is 0 Å². The molecule has 0 aliphatic heterocycles. The van der Waals surface area contributed by atoms with Crippen molar-refractivity contribution in [3.05, 3.63) is 145 Å². The quantitative estimate of drug-likeness (QED) is 0.225. The molecule has 0 atom stereocenters. The van der Waals surface area contributed by atoms with Gasteiger partial charge in [0, 0.05) is 16.3 Å². The van der Waals surface area contributed by atoms with Crippen molar-refractivity contribution in [2.45, 2.75) is 6.92 Å². The van der Waals surface area contributed by atoms with E-state index in [9.17, 15) is 0 Å². The van der Waals surface area contributed by atoms with Crippen LogP contribution in [0.2, 0.25) is 0 Å². The third-order valence-corrected chi connectivity index (χ3v) is 7.48. The van der Waals surface area contributed by atoms with E-state index in [1.54, 1.807) is 0 Å². The lowest BCUT2D eigenvalue weighted by Crippen LogP contribution is -1.94. The van der Waals surface area contributed by atoms with Crippen LogP contribution in [0.15, 0.2) is 140 Å². The Bertz CT molecular complexity index is 1890. The fraction of sp³-hybridized carbons (Fsp3) is 0.0270. The number of hydrogen-bond donors (Lipinski definition) is 0. The molecule has 0 N–H and O–H groups in total. The normalized spacial score (nSPS) is 11.3. The highest BCUT2D eigenvalue weighted by molar-refractivity contribution is 6.20. The van der Waals surface area contributed by atoms with Crippen LogP contribution >= 0.6 is 0 Å². The van der Waals surface area contributed by atoms with Crippen LogP contribution in [0.3, 0.4) is 0 Å². The standard InChI is InChI=1S/C37H26O/c1-25-23-24-32(29-17-6-5-15-27(25)29)36-30-18-7-9-20-33(30)37(34-21-10-8-19-31(34)36)38-35-22-12-11-16-28(35)26-13-3-2-4-14-26/h2-24H,1H3. The molecule has 7 aromatic rings. The molecule has 38 heavy (non-hydrogen) atoms. The Kier molecular flexibility index (Phi) is 5.41. The van der Waals surface area contributed by atoms with Gasteiger partial charge in [-0.15, -0.1) is 0 Å². The van der Waals surface area contributed by atoms with E-state index in [0.717, 1.165) is 33.4 Å². The van der Waals surface area contributed by atoms with Crippen molar-refractivity contribution in [1.82, 2.24) is 0 Å². The summed E-state index contributed by atoms with van der Waals surface area (Å²) >= 11 is 0. The molecule has 0 fully saturated rings. The molecule has 0 amide bonds. The van der Waals surface area contributed by atoms with Crippen molar-refractivity contribution >= 4 is 32.3 Å². The second-order valence-electron chi connectivity index (χ2n) is 9.74. The van der Waals surface area contributed by atoms with E-state index in [4.69, 9.17) is 4.74 Å². The molecule has 0 saturated carbocycles. The van der Waals surface area contributed by atoms with Crippen LogP contribution in [-0.2, 0) is 0 Å². The summed E-state index contributed by atoms with van der Waals surface area (Å²) in [6.45, 7) is 2.18. The van der Waals surface area contributed by atoms with Crippen LogP contribution in [0.1, 0.15) is 5.56 Å². The topological polar surface area (TPSA) is 9.23 Å². The van der Waals surface area contributed by atoms with Crippen molar-refractivity contribution < 1.29 is 4.74 Å². The van der Waals surface area contributed by atoms with E-state index in [2.05, 4.69) is 134 Å². The van der Waals surface area contributed by atoms with E-state index < -0.39 is 0 Å². The molecule has 180 valence electrons. The molecule has 0 aromatic heterocycles. The predicted molar refractivity (Wildman–Crippen MR) is 161 cm³/mol. The van der Waals surface area contributed by atoms with Gasteiger partial charge in [-0.05, 0) is 56.8 Å². The SMILES string of the molecule is Cc1ccc(-c2c3ccccc3c(Oc3ccccc3-c3ccccc3)c3ccccc23)c2ccccc12. The van der Waals surface area contributed by atoms with Gasteiger partial charge in [0.1, 0.15) is 11.5 Å². The number of hydrogen-bond acceptors (Lipinski definition) is 1. The second kappa shape index (κ2) is 9.21. The van der Waals surface area contributed by atoms with Crippen molar-refractivity contribution in [2.75, 3.05) is 0 Å². The minimum absolute atomic E-state index is 0.850. The maximum Gasteiger partial charge on any atom is 0.143 e. The van der Waals surface area contributed by atoms with Gasteiger partial charge < -0.3 is 4.74 Å². The molecular weight excluding hydrogens is 460 g/mol. The molecule has 0 saturated heterocycles. The largest absolute Gasteiger partial charge is 0.455 e. The Morgan fingerprint density at radius 1 is 0.395 bits per heavy atom. The molecule has 1 heteroatoms. The van der Waals surface area contributed by atoms with Gasteiger partial charge in [-0.25, -0.2) is 0 Å². The van der Waals surface area contributed by atoms with Crippen LogP contribution < -0.4 is 4.74 Å². The number of ether oxygens (including phenoxy) is 1. The molecule has 0 aliphatic rings. The first-order valence-electron chi connectivity index (χ1n) is 13.0. The van der Waals surface area contributed by atoms with Gasteiger partial charge in [-0.3, -0.25) is 0 Å².